The Morgan fingerprint density at radius 3 is 2.33 bits per heavy atom. The van der Waals surface area contributed by atoms with Gasteiger partial charge in [0.2, 0.25) is 0 Å². The van der Waals surface area contributed by atoms with E-state index >= 15 is 0 Å². The van der Waals surface area contributed by atoms with Crippen LogP contribution in [-0.4, -0.2) is 46.5 Å². The number of benzene rings is 1. The maximum Gasteiger partial charge on any atom is 0.0928 e. The molecule has 0 unspecified atom stereocenters. The van der Waals surface area contributed by atoms with Gasteiger partial charge in [-0.2, -0.15) is 0 Å². The molecule has 6 heteroatoms. The highest BCUT2D eigenvalue weighted by atomic mass is 35.5. The lowest BCUT2D eigenvalue weighted by molar-refractivity contribution is 0.0821. The third kappa shape index (κ3) is 4.08. The minimum atomic E-state index is -0.217. The monoisotopic (exact) mass is 345 g/mol. The van der Waals surface area contributed by atoms with Crippen molar-refractivity contribution in [1.29, 1.82) is 0 Å². The highest BCUT2D eigenvalue weighted by molar-refractivity contribution is 7.80. The summed E-state index contributed by atoms with van der Waals surface area (Å²) in [6.07, 6.45) is 0. The third-order valence-corrected chi connectivity index (χ3v) is 5.39. The molecule has 116 valence electrons. The van der Waals surface area contributed by atoms with Crippen molar-refractivity contribution in [2.24, 2.45) is 5.73 Å². The number of nitrogens with two attached hydrogens (primary N) is 1. The summed E-state index contributed by atoms with van der Waals surface area (Å²) in [5.74, 6) is 0. The van der Waals surface area contributed by atoms with Crippen molar-refractivity contribution in [3.8, 4) is 0 Å². The van der Waals surface area contributed by atoms with Crippen molar-refractivity contribution >= 4 is 40.4 Å². The topological polar surface area (TPSA) is 32.5 Å². The summed E-state index contributed by atoms with van der Waals surface area (Å²) in [7, 11) is 0. The SMILES string of the molecule is CC(C)(C(N)=S)N1CCN(Cc2ccc(Cl)c(Cl)c2)CC1. The molecule has 1 aromatic carbocycles. The Hall–Kier alpha value is -0.390. The van der Waals surface area contributed by atoms with E-state index in [9.17, 15) is 0 Å². The fourth-order valence-electron chi connectivity index (χ4n) is 2.52. The molecule has 0 radical (unpaired) electrons. The molecule has 1 saturated heterocycles. The second-order valence-electron chi connectivity index (χ2n) is 5.93. The number of halogens is 2. The van der Waals surface area contributed by atoms with E-state index in [0.29, 0.717) is 15.0 Å². The molecule has 2 rings (SSSR count). The Morgan fingerprint density at radius 2 is 1.81 bits per heavy atom. The molecule has 1 fully saturated rings. The van der Waals surface area contributed by atoms with E-state index < -0.39 is 0 Å². The van der Waals surface area contributed by atoms with Crippen LogP contribution in [0.1, 0.15) is 19.4 Å². The van der Waals surface area contributed by atoms with E-state index in [-0.39, 0.29) is 5.54 Å². The summed E-state index contributed by atoms with van der Waals surface area (Å²) < 4.78 is 0. The van der Waals surface area contributed by atoms with Gasteiger partial charge in [-0.05, 0) is 31.5 Å². The van der Waals surface area contributed by atoms with Gasteiger partial charge in [0.1, 0.15) is 0 Å². The largest absolute Gasteiger partial charge is 0.392 e. The quantitative estimate of drug-likeness (QED) is 0.849. The fourth-order valence-corrected chi connectivity index (χ4v) is 2.97. The van der Waals surface area contributed by atoms with E-state index in [2.05, 4.69) is 23.6 Å². The van der Waals surface area contributed by atoms with Gasteiger partial charge in [0.25, 0.3) is 0 Å². The van der Waals surface area contributed by atoms with E-state index in [4.69, 9.17) is 41.2 Å². The standard InChI is InChI=1S/C15H21Cl2N3S/c1-15(2,14(18)21)20-7-5-19(6-8-20)10-11-3-4-12(16)13(17)9-11/h3-4,9H,5-8,10H2,1-2H3,(H2,18,21). The van der Waals surface area contributed by atoms with Gasteiger partial charge in [-0.3, -0.25) is 9.80 Å². The lowest BCUT2D eigenvalue weighted by Crippen LogP contribution is -2.59. The third-order valence-electron chi connectivity index (χ3n) is 4.16. The zero-order chi connectivity index (χ0) is 15.6. The number of rotatable bonds is 4. The number of nitrogens with zero attached hydrogens (tertiary/aromatic N) is 2. The normalized spacial score (nSPS) is 17.9. The Kier molecular flexibility index (Phi) is 5.49. The molecule has 0 saturated carbocycles. The van der Waals surface area contributed by atoms with E-state index in [0.717, 1.165) is 32.7 Å². The Bertz CT molecular complexity index is 526. The zero-order valence-electron chi connectivity index (χ0n) is 12.4. The maximum atomic E-state index is 6.06. The van der Waals surface area contributed by atoms with Crippen molar-refractivity contribution < 1.29 is 0 Å². The molecule has 1 aliphatic rings. The average molecular weight is 346 g/mol. The van der Waals surface area contributed by atoms with E-state index in [1.54, 1.807) is 0 Å². The average Bonchev–Trinajstić information content (AvgIpc) is 2.43. The molecule has 2 N–H and O–H groups in total. The van der Waals surface area contributed by atoms with Gasteiger partial charge in [0.15, 0.2) is 0 Å². The maximum absolute atomic E-state index is 6.06. The second kappa shape index (κ2) is 6.80. The summed E-state index contributed by atoms with van der Waals surface area (Å²) in [5, 5.41) is 1.21. The van der Waals surface area contributed by atoms with Gasteiger partial charge in [-0.15, -0.1) is 0 Å². The highest BCUT2D eigenvalue weighted by Gasteiger charge is 2.32. The van der Waals surface area contributed by atoms with Gasteiger partial charge >= 0.3 is 0 Å². The van der Waals surface area contributed by atoms with Crippen LogP contribution in [0.2, 0.25) is 10.0 Å². The van der Waals surface area contributed by atoms with E-state index in [1.165, 1.54) is 5.56 Å². The minimum absolute atomic E-state index is 0.217. The first-order valence-corrected chi connectivity index (χ1v) is 8.18. The predicted molar refractivity (Wildman–Crippen MR) is 94.2 cm³/mol. The Balaban J connectivity index is 1.92. The first-order valence-electron chi connectivity index (χ1n) is 7.02. The van der Waals surface area contributed by atoms with Crippen molar-refractivity contribution in [2.45, 2.75) is 25.9 Å². The number of hydrogen-bond donors (Lipinski definition) is 1. The van der Waals surface area contributed by atoms with Crippen LogP contribution in [0.4, 0.5) is 0 Å². The van der Waals surface area contributed by atoms with Crippen LogP contribution in [0.3, 0.4) is 0 Å². The fraction of sp³-hybridized carbons (Fsp3) is 0.533. The molecule has 1 aliphatic heterocycles. The van der Waals surface area contributed by atoms with Crippen molar-refractivity contribution in [2.75, 3.05) is 26.2 Å². The molecular formula is C15H21Cl2N3S. The van der Waals surface area contributed by atoms with Crippen LogP contribution in [-0.2, 0) is 6.54 Å². The van der Waals surface area contributed by atoms with Crippen LogP contribution < -0.4 is 5.73 Å². The summed E-state index contributed by atoms with van der Waals surface area (Å²) in [6, 6.07) is 5.82. The highest BCUT2D eigenvalue weighted by Crippen LogP contribution is 2.24. The molecule has 0 atom stereocenters. The molecule has 0 aromatic heterocycles. The smallest absolute Gasteiger partial charge is 0.0928 e. The first-order chi connectivity index (χ1) is 9.80. The van der Waals surface area contributed by atoms with Gasteiger partial charge in [0.05, 0.1) is 20.6 Å². The van der Waals surface area contributed by atoms with Gasteiger partial charge in [-0.1, -0.05) is 41.5 Å². The summed E-state index contributed by atoms with van der Waals surface area (Å²) in [4.78, 5) is 5.31. The summed E-state index contributed by atoms with van der Waals surface area (Å²) in [5.41, 5.74) is 6.81. The lowest BCUT2D eigenvalue weighted by atomic mass is 10.0. The van der Waals surface area contributed by atoms with Crippen LogP contribution in [0.15, 0.2) is 18.2 Å². The molecule has 0 spiro atoms. The number of hydrogen-bond acceptors (Lipinski definition) is 3. The Labute approximate surface area is 142 Å². The van der Waals surface area contributed by atoms with Crippen molar-refractivity contribution in [3.63, 3.8) is 0 Å². The second-order valence-corrected chi connectivity index (χ2v) is 7.19. The molecule has 0 amide bonds. The summed E-state index contributed by atoms with van der Waals surface area (Å²) in [6.45, 7) is 8.97. The lowest BCUT2D eigenvalue weighted by Gasteiger charge is -2.43. The van der Waals surface area contributed by atoms with Gasteiger partial charge in [0, 0.05) is 32.7 Å². The Morgan fingerprint density at radius 1 is 1.19 bits per heavy atom. The minimum Gasteiger partial charge on any atom is -0.392 e. The van der Waals surface area contributed by atoms with Crippen LogP contribution >= 0.6 is 35.4 Å². The molecule has 0 aliphatic carbocycles. The van der Waals surface area contributed by atoms with Crippen LogP contribution in [0.5, 0.6) is 0 Å². The van der Waals surface area contributed by atoms with E-state index in [1.807, 2.05) is 18.2 Å². The molecule has 1 aromatic rings. The molecule has 0 bridgehead atoms. The van der Waals surface area contributed by atoms with Gasteiger partial charge in [-0.25, -0.2) is 0 Å². The molecule has 3 nitrogen and oxygen atoms in total. The number of thiocarbonyl (C=S) groups is 1. The molecular weight excluding hydrogens is 325 g/mol. The summed E-state index contributed by atoms with van der Waals surface area (Å²) >= 11 is 17.2. The zero-order valence-corrected chi connectivity index (χ0v) is 14.7. The molecule has 1 heterocycles. The predicted octanol–water partition coefficient (Wildman–Crippen LogP) is 3.18. The van der Waals surface area contributed by atoms with Crippen LogP contribution in [0.25, 0.3) is 0 Å². The first kappa shape index (κ1) is 17.0. The van der Waals surface area contributed by atoms with Crippen molar-refractivity contribution in [3.05, 3.63) is 33.8 Å². The van der Waals surface area contributed by atoms with Crippen molar-refractivity contribution in [1.82, 2.24) is 9.80 Å². The number of piperazine rings is 1. The van der Waals surface area contributed by atoms with Crippen LogP contribution in [0, 0.1) is 0 Å². The van der Waals surface area contributed by atoms with Gasteiger partial charge < -0.3 is 5.73 Å². The molecule has 21 heavy (non-hydrogen) atoms.